The number of esters is 1. The molecule has 2 atom stereocenters. The quantitative estimate of drug-likeness (QED) is 0.386. The van der Waals surface area contributed by atoms with Crippen LogP contribution in [0.5, 0.6) is 0 Å². The van der Waals surface area contributed by atoms with E-state index in [1.54, 1.807) is 20.8 Å². The van der Waals surface area contributed by atoms with Gasteiger partial charge in [0.2, 0.25) is 5.91 Å². The number of ether oxygens (including phenoxy) is 2. The largest absolute Gasteiger partial charge is 0.467 e. The molecule has 1 aliphatic heterocycles. The van der Waals surface area contributed by atoms with Crippen molar-refractivity contribution >= 4 is 18.0 Å². The minimum absolute atomic E-state index is 0.0363. The summed E-state index contributed by atoms with van der Waals surface area (Å²) in [5.41, 5.74) is -0.661. The van der Waals surface area contributed by atoms with E-state index in [0.717, 1.165) is 0 Å². The fourth-order valence-electron chi connectivity index (χ4n) is 2.55. The Balaban J connectivity index is 0.000000887. The van der Waals surface area contributed by atoms with E-state index in [1.807, 2.05) is 6.08 Å². The minimum atomic E-state index is -0.821. The molecule has 0 aromatic carbocycles. The van der Waals surface area contributed by atoms with Crippen LogP contribution < -0.4 is 5.32 Å². The number of hydrogen-bond acceptors (Lipinski definition) is 6. The van der Waals surface area contributed by atoms with Gasteiger partial charge in [-0.15, -0.1) is 6.58 Å². The molecule has 2 amide bonds. The Hall–Kier alpha value is -2.09. The maximum absolute atomic E-state index is 12.0. The number of nitrogens with one attached hydrogen (secondary N) is 1. The number of unbranched alkanes of at least 4 members (excludes halogenated alkanes) is 3. The van der Waals surface area contributed by atoms with Gasteiger partial charge in [0.1, 0.15) is 18.2 Å². The Bertz CT molecular complexity index is 515. The average molecular weight is 401 g/mol. The number of hydrogen-bond donors (Lipinski definition) is 2. The number of methoxy groups -OCH3 is 1. The number of carbonyl (C=O) groups excluding carboxylic acids is 3. The summed E-state index contributed by atoms with van der Waals surface area (Å²) >= 11 is 0. The first kappa shape index (κ1) is 25.9. The van der Waals surface area contributed by atoms with Gasteiger partial charge in [-0.1, -0.05) is 25.8 Å². The zero-order chi connectivity index (χ0) is 21.7. The molecule has 1 unspecified atom stereocenters. The van der Waals surface area contributed by atoms with Crippen LogP contribution in [0.4, 0.5) is 4.79 Å². The maximum atomic E-state index is 12.0. The van der Waals surface area contributed by atoms with Gasteiger partial charge in [0.25, 0.3) is 0 Å². The van der Waals surface area contributed by atoms with Crippen molar-refractivity contribution in [3.05, 3.63) is 12.7 Å². The van der Waals surface area contributed by atoms with Crippen LogP contribution in [0.3, 0.4) is 0 Å². The van der Waals surface area contributed by atoms with Gasteiger partial charge in [0.05, 0.1) is 13.2 Å². The lowest BCUT2D eigenvalue weighted by Crippen LogP contribution is -2.46. The lowest BCUT2D eigenvalue weighted by atomic mass is 10.2. The van der Waals surface area contributed by atoms with E-state index < -0.39 is 35.7 Å². The third-order valence-corrected chi connectivity index (χ3v) is 3.87. The maximum Gasteiger partial charge on any atom is 0.408 e. The van der Waals surface area contributed by atoms with Crippen LogP contribution >= 0.6 is 0 Å². The van der Waals surface area contributed by atoms with Gasteiger partial charge in [0.15, 0.2) is 0 Å². The molecule has 0 saturated carbocycles. The number of likely N-dealkylation sites (tertiary alicyclic amines) is 1. The molecule has 1 saturated heterocycles. The molecule has 8 nitrogen and oxygen atoms in total. The van der Waals surface area contributed by atoms with Gasteiger partial charge in [-0.05, 0) is 33.6 Å². The van der Waals surface area contributed by atoms with E-state index in [-0.39, 0.29) is 19.5 Å². The molecule has 0 aromatic heterocycles. The summed E-state index contributed by atoms with van der Waals surface area (Å²) in [6.07, 6.45) is 5.79. The number of nitrogens with zero attached hydrogens (tertiary/aromatic N) is 1. The predicted octanol–water partition coefficient (Wildman–Crippen LogP) is 2.40. The Morgan fingerprint density at radius 2 is 1.93 bits per heavy atom. The number of β-amino-alcohol motifs (C(OH)–C–C–N with tert-alkyl or cyclic N) is 1. The van der Waals surface area contributed by atoms with Crippen molar-refractivity contribution in [3.63, 3.8) is 0 Å². The van der Waals surface area contributed by atoms with Crippen molar-refractivity contribution < 1.29 is 29.0 Å². The van der Waals surface area contributed by atoms with Crippen LogP contribution in [0.1, 0.15) is 59.8 Å². The summed E-state index contributed by atoms with van der Waals surface area (Å²) in [5.74, 6) is -1.06. The molecule has 0 bridgehead atoms. The fraction of sp³-hybridized carbons (Fsp3) is 0.750. The summed E-state index contributed by atoms with van der Waals surface area (Å²) in [6, 6.07) is -0.821. The number of aliphatic hydroxyl groups excluding tert-OH is 1. The van der Waals surface area contributed by atoms with Gasteiger partial charge in [0, 0.05) is 13.0 Å². The summed E-state index contributed by atoms with van der Waals surface area (Å²) in [6.45, 7) is 10.7. The molecule has 0 aliphatic carbocycles. The van der Waals surface area contributed by atoms with E-state index >= 15 is 0 Å². The lowest BCUT2D eigenvalue weighted by Gasteiger charge is -2.23. The summed E-state index contributed by atoms with van der Waals surface area (Å²) in [5, 5.41) is 11.9. The first-order valence-electron chi connectivity index (χ1n) is 9.68. The van der Waals surface area contributed by atoms with E-state index in [9.17, 15) is 19.5 Å². The number of carbonyl (C=O) groups is 3. The molecule has 1 heterocycles. The lowest BCUT2D eigenvalue weighted by molar-refractivity contribution is -0.150. The first-order valence-corrected chi connectivity index (χ1v) is 9.68. The minimum Gasteiger partial charge on any atom is -0.467 e. The Kier molecular flexibility index (Phi) is 12.2. The molecule has 2 N–H and O–H groups in total. The molecular formula is C20H36N2O6. The second-order valence-corrected chi connectivity index (χ2v) is 7.61. The van der Waals surface area contributed by atoms with E-state index in [1.165, 1.54) is 37.7 Å². The SMILES string of the molecule is C=CCCCCC.COC(=O)[C@@H]1CC(O)CN1C(=O)CNC(=O)OC(C)(C)C. The van der Waals surface area contributed by atoms with Crippen LogP contribution in [-0.2, 0) is 19.1 Å². The van der Waals surface area contributed by atoms with Crippen LogP contribution in [-0.4, -0.2) is 65.9 Å². The highest BCUT2D eigenvalue weighted by Crippen LogP contribution is 2.19. The second kappa shape index (κ2) is 13.1. The molecule has 0 aromatic rings. The van der Waals surface area contributed by atoms with Crippen molar-refractivity contribution in [1.29, 1.82) is 0 Å². The molecule has 1 aliphatic rings. The van der Waals surface area contributed by atoms with Gasteiger partial charge in [-0.25, -0.2) is 9.59 Å². The number of amides is 2. The summed E-state index contributed by atoms with van der Waals surface area (Å²) in [7, 11) is 1.22. The first-order chi connectivity index (χ1) is 13.1. The van der Waals surface area contributed by atoms with Crippen molar-refractivity contribution in [2.75, 3.05) is 20.2 Å². The van der Waals surface area contributed by atoms with Crippen LogP contribution in [0.2, 0.25) is 0 Å². The van der Waals surface area contributed by atoms with Crippen LogP contribution in [0, 0.1) is 0 Å². The van der Waals surface area contributed by atoms with Gasteiger partial charge in [-0.3, -0.25) is 4.79 Å². The number of aliphatic hydroxyl groups is 1. The van der Waals surface area contributed by atoms with Gasteiger partial charge in [-0.2, -0.15) is 0 Å². The standard InChI is InChI=1S/C13H22N2O6.C7H14/c1-13(2,3)21-12(19)14-6-10(17)15-7-8(16)5-9(15)11(18)20-4;1-3-5-7-6-4-2/h8-9,16H,5-7H2,1-4H3,(H,14,19);3H,1,4-7H2,2H3/t8?,9-;/m0./s1. The zero-order valence-electron chi connectivity index (χ0n) is 17.8. The molecule has 1 fully saturated rings. The third kappa shape index (κ3) is 10.9. The highest BCUT2D eigenvalue weighted by Gasteiger charge is 2.39. The van der Waals surface area contributed by atoms with Crippen LogP contribution in [0.25, 0.3) is 0 Å². The molecule has 8 heteroatoms. The third-order valence-electron chi connectivity index (χ3n) is 3.87. The van der Waals surface area contributed by atoms with Gasteiger partial charge < -0.3 is 24.8 Å². The Morgan fingerprint density at radius 1 is 1.29 bits per heavy atom. The highest BCUT2D eigenvalue weighted by atomic mass is 16.6. The normalized spacial score (nSPS) is 18.6. The second-order valence-electron chi connectivity index (χ2n) is 7.61. The van der Waals surface area contributed by atoms with Crippen molar-refractivity contribution in [3.8, 4) is 0 Å². The van der Waals surface area contributed by atoms with Crippen molar-refractivity contribution in [1.82, 2.24) is 10.2 Å². The topological polar surface area (TPSA) is 105 Å². The summed E-state index contributed by atoms with van der Waals surface area (Å²) < 4.78 is 9.60. The Labute approximate surface area is 168 Å². The molecule has 0 radical (unpaired) electrons. The fourth-order valence-corrected chi connectivity index (χ4v) is 2.55. The smallest absolute Gasteiger partial charge is 0.408 e. The number of alkyl carbamates (subject to hydrolysis) is 1. The monoisotopic (exact) mass is 400 g/mol. The van der Waals surface area contributed by atoms with Crippen LogP contribution in [0.15, 0.2) is 12.7 Å². The molecule has 1 rings (SSSR count). The number of allylic oxidation sites excluding steroid dienone is 1. The predicted molar refractivity (Wildman–Crippen MR) is 107 cm³/mol. The Morgan fingerprint density at radius 3 is 2.43 bits per heavy atom. The average Bonchev–Trinajstić information content (AvgIpc) is 3.00. The summed E-state index contributed by atoms with van der Waals surface area (Å²) in [4.78, 5) is 36.3. The molecule has 28 heavy (non-hydrogen) atoms. The highest BCUT2D eigenvalue weighted by molar-refractivity contribution is 5.88. The van der Waals surface area contributed by atoms with Crippen molar-refractivity contribution in [2.45, 2.75) is 77.5 Å². The van der Waals surface area contributed by atoms with E-state index in [4.69, 9.17) is 4.74 Å². The molecule has 0 spiro atoms. The van der Waals surface area contributed by atoms with E-state index in [0.29, 0.717) is 0 Å². The van der Waals surface area contributed by atoms with Crippen molar-refractivity contribution in [2.24, 2.45) is 0 Å². The molecule has 162 valence electrons. The van der Waals surface area contributed by atoms with Gasteiger partial charge >= 0.3 is 12.1 Å². The number of rotatable bonds is 7. The van der Waals surface area contributed by atoms with E-state index in [2.05, 4.69) is 23.6 Å². The zero-order valence-corrected chi connectivity index (χ0v) is 17.8. The molecular weight excluding hydrogens is 364 g/mol.